The number of nitrogens with one attached hydrogen (secondary N) is 1. The first-order chi connectivity index (χ1) is 16.5. The Morgan fingerprint density at radius 1 is 0.971 bits per heavy atom. The van der Waals surface area contributed by atoms with Crippen LogP contribution in [0, 0.1) is 13.8 Å². The molecular formula is C30H34N2O2. The lowest BCUT2D eigenvalue weighted by atomic mass is 9.87. The molecule has 4 nitrogen and oxygen atoms in total. The molecule has 1 atom stereocenters. The Kier molecular flexibility index (Phi) is 7.81. The van der Waals surface area contributed by atoms with Crippen molar-refractivity contribution in [3.05, 3.63) is 107 Å². The number of fused-ring (bicyclic) bond motifs is 1. The van der Waals surface area contributed by atoms with Gasteiger partial charge in [-0.3, -0.25) is 4.79 Å². The molecule has 0 aliphatic carbocycles. The van der Waals surface area contributed by atoms with Gasteiger partial charge in [-0.15, -0.1) is 0 Å². The number of rotatable bonds is 10. The third kappa shape index (κ3) is 5.75. The van der Waals surface area contributed by atoms with E-state index in [4.69, 9.17) is 4.74 Å². The van der Waals surface area contributed by atoms with Crippen molar-refractivity contribution in [2.45, 2.75) is 39.2 Å². The Balaban J connectivity index is 1.70. The number of nitrogens with zero attached hydrogens (tertiary/aromatic N) is 1. The monoisotopic (exact) mass is 454 g/mol. The van der Waals surface area contributed by atoms with Crippen LogP contribution in [0.4, 0.5) is 0 Å². The summed E-state index contributed by atoms with van der Waals surface area (Å²) in [6.45, 7) is 6.28. The van der Waals surface area contributed by atoms with Crippen molar-refractivity contribution in [3.63, 3.8) is 0 Å². The van der Waals surface area contributed by atoms with Gasteiger partial charge in [0.2, 0.25) is 5.91 Å². The van der Waals surface area contributed by atoms with Gasteiger partial charge in [-0.05, 0) is 43.0 Å². The molecule has 1 amide bonds. The standard InChI is InChI=1S/C30H34N2O2/c1-22-12-14-24(15-13-22)20-32-21-28(26-10-4-5-11-29(26)32)27(25-9-6-8-23(2)18-25)19-30(33)31-16-7-17-34-3/h4-6,8-15,18,21,27H,7,16-17,19-20H2,1-3H3,(H,31,33). The summed E-state index contributed by atoms with van der Waals surface area (Å²) in [6, 6.07) is 25.7. The van der Waals surface area contributed by atoms with Gasteiger partial charge in [0, 0.05) is 56.2 Å². The highest BCUT2D eigenvalue weighted by Crippen LogP contribution is 2.35. The van der Waals surface area contributed by atoms with Crippen LogP contribution < -0.4 is 5.32 Å². The Bertz CT molecular complexity index is 1240. The fraction of sp³-hybridized carbons (Fsp3) is 0.300. The zero-order valence-electron chi connectivity index (χ0n) is 20.4. The third-order valence-corrected chi connectivity index (χ3v) is 6.35. The fourth-order valence-corrected chi connectivity index (χ4v) is 4.57. The quantitative estimate of drug-likeness (QED) is 0.300. The average Bonchev–Trinajstić information content (AvgIpc) is 3.20. The van der Waals surface area contributed by atoms with E-state index in [0.717, 1.165) is 13.0 Å². The topological polar surface area (TPSA) is 43.3 Å². The minimum Gasteiger partial charge on any atom is -0.385 e. The van der Waals surface area contributed by atoms with E-state index in [0.29, 0.717) is 19.6 Å². The first-order valence-electron chi connectivity index (χ1n) is 12.0. The number of para-hydroxylation sites is 1. The highest BCUT2D eigenvalue weighted by Gasteiger charge is 2.23. The van der Waals surface area contributed by atoms with Crippen molar-refractivity contribution < 1.29 is 9.53 Å². The Hall–Kier alpha value is -3.37. The number of ether oxygens (including phenoxy) is 1. The molecule has 4 rings (SSSR count). The number of hydrogen-bond donors (Lipinski definition) is 1. The van der Waals surface area contributed by atoms with Crippen LogP contribution in [-0.2, 0) is 16.1 Å². The summed E-state index contributed by atoms with van der Waals surface area (Å²) in [5, 5.41) is 4.28. The van der Waals surface area contributed by atoms with Crippen LogP contribution in [0.3, 0.4) is 0 Å². The molecule has 0 saturated carbocycles. The molecule has 176 valence electrons. The van der Waals surface area contributed by atoms with E-state index in [-0.39, 0.29) is 11.8 Å². The zero-order valence-corrected chi connectivity index (χ0v) is 20.4. The molecule has 0 spiro atoms. The maximum absolute atomic E-state index is 13.0. The second-order valence-corrected chi connectivity index (χ2v) is 9.08. The number of amides is 1. The van der Waals surface area contributed by atoms with E-state index in [1.54, 1.807) is 7.11 Å². The number of hydrogen-bond acceptors (Lipinski definition) is 2. The van der Waals surface area contributed by atoms with Crippen molar-refractivity contribution in [1.29, 1.82) is 0 Å². The molecule has 0 radical (unpaired) electrons. The average molecular weight is 455 g/mol. The Labute approximate surface area is 202 Å². The molecule has 0 bridgehead atoms. The van der Waals surface area contributed by atoms with Gasteiger partial charge in [0.1, 0.15) is 0 Å². The molecule has 1 N–H and O–H groups in total. The normalized spacial score (nSPS) is 12.1. The van der Waals surface area contributed by atoms with Crippen LogP contribution in [0.5, 0.6) is 0 Å². The second kappa shape index (κ2) is 11.2. The maximum Gasteiger partial charge on any atom is 0.220 e. The number of methoxy groups -OCH3 is 1. The molecule has 1 unspecified atom stereocenters. The number of carbonyl (C=O) groups is 1. The zero-order chi connectivity index (χ0) is 23.9. The highest BCUT2D eigenvalue weighted by atomic mass is 16.5. The summed E-state index contributed by atoms with van der Waals surface area (Å²) >= 11 is 0. The van der Waals surface area contributed by atoms with E-state index in [2.05, 4.69) is 103 Å². The summed E-state index contributed by atoms with van der Waals surface area (Å²) < 4.78 is 7.42. The molecule has 4 heteroatoms. The van der Waals surface area contributed by atoms with Gasteiger partial charge in [0.05, 0.1) is 0 Å². The van der Waals surface area contributed by atoms with Crippen molar-refractivity contribution in [1.82, 2.24) is 9.88 Å². The van der Waals surface area contributed by atoms with Gasteiger partial charge in [-0.1, -0.05) is 77.9 Å². The van der Waals surface area contributed by atoms with Gasteiger partial charge in [-0.25, -0.2) is 0 Å². The van der Waals surface area contributed by atoms with Crippen molar-refractivity contribution in [2.24, 2.45) is 0 Å². The van der Waals surface area contributed by atoms with E-state index in [1.165, 1.54) is 38.7 Å². The third-order valence-electron chi connectivity index (χ3n) is 6.35. The smallest absolute Gasteiger partial charge is 0.220 e. The first-order valence-corrected chi connectivity index (χ1v) is 12.0. The molecule has 0 saturated heterocycles. The number of carbonyl (C=O) groups excluding carboxylic acids is 1. The lowest BCUT2D eigenvalue weighted by molar-refractivity contribution is -0.121. The number of aryl methyl sites for hydroxylation is 2. The largest absolute Gasteiger partial charge is 0.385 e. The molecule has 34 heavy (non-hydrogen) atoms. The number of benzene rings is 3. The van der Waals surface area contributed by atoms with Crippen LogP contribution >= 0.6 is 0 Å². The van der Waals surface area contributed by atoms with Gasteiger partial charge >= 0.3 is 0 Å². The molecule has 3 aromatic carbocycles. The van der Waals surface area contributed by atoms with E-state index >= 15 is 0 Å². The highest BCUT2D eigenvalue weighted by molar-refractivity contribution is 5.86. The summed E-state index contributed by atoms with van der Waals surface area (Å²) in [5.74, 6) is 0.0458. The van der Waals surface area contributed by atoms with Crippen molar-refractivity contribution in [2.75, 3.05) is 20.3 Å². The van der Waals surface area contributed by atoms with Crippen molar-refractivity contribution in [3.8, 4) is 0 Å². The van der Waals surface area contributed by atoms with E-state index in [1.807, 2.05) is 0 Å². The van der Waals surface area contributed by atoms with Gasteiger partial charge in [0.15, 0.2) is 0 Å². The van der Waals surface area contributed by atoms with E-state index < -0.39 is 0 Å². The summed E-state index contributed by atoms with van der Waals surface area (Å²) in [4.78, 5) is 13.0. The summed E-state index contributed by atoms with van der Waals surface area (Å²) in [7, 11) is 1.68. The van der Waals surface area contributed by atoms with Crippen LogP contribution in [0.15, 0.2) is 79.0 Å². The molecule has 0 aliphatic heterocycles. The van der Waals surface area contributed by atoms with Crippen molar-refractivity contribution >= 4 is 16.8 Å². The minimum absolute atomic E-state index is 0.0218. The molecule has 4 aromatic rings. The summed E-state index contributed by atoms with van der Waals surface area (Å²) in [6.07, 6.45) is 3.47. The molecular weight excluding hydrogens is 420 g/mol. The maximum atomic E-state index is 13.0. The molecule has 0 fully saturated rings. The number of aromatic nitrogens is 1. The van der Waals surface area contributed by atoms with Gasteiger partial charge < -0.3 is 14.6 Å². The molecule has 1 heterocycles. The second-order valence-electron chi connectivity index (χ2n) is 9.08. The predicted octanol–water partition coefficient (Wildman–Crippen LogP) is 5.98. The fourth-order valence-electron chi connectivity index (χ4n) is 4.57. The molecule has 1 aromatic heterocycles. The first kappa shape index (κ1) is 23.8. The van der Waals surface area contributed by atoms with Crippen LogP contribution in [-0.4, -0.2) is 30.7 Å². The van der Waals surface area contributed by atoms with Crippen LogP contribution in [0.1, 0.15) is 46.6 Å². The van der Waals surface area contributed by atoms with Crippen LogP contribution in [0.2, 0.25) is 0 Å². The Morgan fingerprint density at radius 3 is 2.53 bits per heavy atom. The van der Waals surface area contributed by atoms with Gasteiger partial charge in [-0.2, -0.15) is 0 Å². The lowest BCUT2D eigenvalue weighted by Gasteiger charge is -2.18. The molecule has 0 aliphatic rings. The van der Waals surface area contributed by atoms with Gasteiger partial charge in [0.25, 0.3) is 0 Å². The van der Waals surface area contributed by atoms with Crippen LogP contribution in [0.25, 0.3) is 10.9 Å². The van der Waals surface area contributed by atoms with E-state index in [9.17, 15) is 4.79 Å². The minimum atomic E-state index is -0.0218. The summed E-state index contributed by atoms with van der Waals surface area (Å²) in [5.41, 5.74) is 7.28. The lowest BCUT2D eigenvalue weighted by Crippen LogP contribution is -2.27. The SMILES string of the molecule is COCCCNC(=O)CC(c1cccc(C)c1)c1cn(Cc2ccc(C)cc2)c2ccccc12. The Morgan fingerprint density at radius 2 is 1.76 bits per heavy atom. The predicted molar refractivity (Wildman–Crippen MR) is 139 cm³/mol.